The van der Waals surface area contributed by atoms with Gasteiger partial charge in [0.1, 0.15) is 0 Å². The van der Waals surface area contributed by atoms with Gasteiger partial charge in [-0.05, 0) is 38.8 Å². The number of piperidine rings is 1. The Kier molecular flexibility index (Phi) is 8.91. The Balaban J connectivity index is 1.87. The fourth-order valence-electron chi connectivity index (χ4n) is 3.48. The van der Waals surface area contributed by atoms with Gasteiger partial charge >= 0.3 is 0 Å². The highest BCUT2D eigenvalue weighted by atomic mass is 16.5. The third-order valence-corrected chi connectivity index (χ3v) is 4.92. The van der Waals surface area contributed by atoms with Crippen LogP contribution in [0, 0.1) is 5.92 Å². The Hall–Kier alpha value is -2.81. The van der Waals surface area contributed by atoms with Crippen molar-refractivity contribution < 1.29 is 28.8 Å². The number of benzene rings is 1. The van der Waals surface area contributed by atoms with Crippen LogP contribution >= 0.6 is 0 Å². The van der Waals surface area contributed by atoms with E-state index in [2.05, 4.69) is 5.32 Å². The molecule has 1 unspecified atom stereocenters. The summed E-state index contributed by atoms with van der Waals surface area (Å²) in [6, 6.07) is 5.24. The summed E-state index contributed by atoms with van der Waals surface area (Å²) < 4.78 is 11.1. The zero-order valence-corrected chi connectivity index (χ0v) is 18.0. The van der Waals surface area contributed by atoms with Crippen molar-refractivity contribution in [3.63, 3.8) is 0 Å². The van der Waals surface area contributed by atoms with Gasteiger partial charge in [0.15, 0.2) is 24.6 Å². The molecule has 1 aromatic rings. The maximum Gasteiger partial charge on any atom is 0.279 e. The summed E-state index contributed by atoms with van der Waals surface area (Å²) in [6.07, 6.45) is 1.48. The molecule has 3 amide bonds. The fourth-order valence-corrected chi connectivity index (χ4v) is 3.48. The van der Waals surface area contributed by atoms with Gasteiger partial charge in [0.2, 0.25) is 5.91 Å². The molecule has 0 radical (unpaired) electrons. The van der Waals surface area contributed by atoms with E-state index in [9.17, 15) is 14.4 Å². The molecule has 1 saturated heterocycles. The first kappa shape index (κ1) is 23.5. The Bertz CT molecular complexity index is 755. The minimum absolute atomic E-state index is 0.0778. The van der Waals surface area contributed by atoms with Crippen LogP contribution in [0.3, 0.4) is 0 Å². The molecule has 1 aliphatic heterocycles. The Morgan fingerprint density at radius 2 is 1.87 bits per heavy atom. The number of amides is 3. The predicted octanol–water partition coefficient (Wildman–Crippen LogP) is -0.339. The lowest BCUT2D eigenvalue weighted by Crippen LogP contribution is -3.11. The zero-order chi connectivity index (χ0) is 22.1. The lowest BCUT2D eigenvalue weighted by atomic mass is 9.97. The molecule has 0 aromatic heterocycles. The number of nitrogens with zero attached hydrogens (tertiary/aromatic N) is 1. The molecule has 2 rings (SSSR count). The number of nitrogens with two attached hydrogens (primary N) is 1. The van der Waals surface area contributed by atoms with Crippen molar-refractivity contribution in [1.29, 1.82) is 0 Å². The summed E-state index contributed by atoms with van der Waals surface area (Å²) in [5.74, 6) is 0.259. The second-order valence-electron chi connectivity index (χ2n) is 7.47. The number of carbonyl (C=O) groups excluding carboxylic acids is 3. The molecule has 166 valence electrons. The lowest BCUT2D eigenvalue weighted by Gasteiger charge is -2.31. The molecule has 4 N–H and O–H groups in total. The van der Waals surface area contributed by atoms with E-state index in [1.807, 2.05) is 13.8 Å². The van der Waals surface area contributed by atoms with Crippen molar-refractivity contribution >= 4 is 23.4 Å². The number of quaternary nitrogens is 1. The average molecular weight is 422 g/mol. The summed E-state index contributed by atoms with van der Waals surface area (Å²) in [6.45, 7) is 6.06. The number of likely N-dealkylation sites (tertiary alicyclic amines) is 1. The quantitative estimate of drug-likeness (QED) is 0.478. The first-order valence-electron chi connectivity index (χ1n) is 10.4. The van der Waals surface area contributed by atoms with Crippen molar-refractivity contribution in [2.24, 2.45) is 11.7 Å². The molecule has 0 bridgehead atoms. The van der Waals surface area contributed by atoms with E-state index in [1.54, 1.807) is 30.1 Å². The highest BCUT2D eigenvalue weighted by Gasteiger charge is 2.28. The lowest BCUT2D eigenvalue weighted by molar-refractivity contribution is -0.862. The maximum absolute atomic E-state index is 12.5. The zero-order valence-electron chi connectivity index (χ0n) is 18.0. The minimum Gasteiger partial charge on any atom is -0.490 e. The van der Waals surface area contributed by atoms with E-state index in [0.717, 1.165) is 17.7 Å². The molecule has 30 heavy (non-hydrogen) atoms. The van der Waals surface area contributed by atoms with Crippen LogP contribution < -0.4 is 25.4 Å². The highest BCUT2D eigenvalue weighted by Crippen LogP contribution is 2.30. The number of nitrogens with one attached hydrogen (secondary N) is 2. The third kappa shape index (κ3) is 6.91. The average Bonchev–Trinajstić information content (AvgIpc) is 2.70. The maximum atomic E-state index is 12.5. The smallest absolute Gasteiger partial charge is 0.279 e. The second kappa shape index (κ2) is 11.4. The van der Waals surface area contributed by atoms with E-state index in [-0.39, 0.29) is 36.7 Å². The van der Waals surface area contributed by atoms with Crippen LogP contribution in [0.15, 0.2) is 18.2 Å². The van der Waals surface area contributed by atoms with E-state index < -0.39 is 0 Å². The third-order valence-electron chi connectivity index (χ3n) is 4.92. The number of rotatable bonds is 10. The number of carbonyl (C=O) groups is 3. The van der Waals surface area contributed by atoms with Crippen molar-refractivity contribution in [1.82, 2.24) is 4.90 Å². The first-order chi connectivity index (χ1) is 14.3. The van der Waals surface area contributed by atoms with Gasteiger partial charge in [-0.25, -0.2) is 0 Å². The van der Waals surface area contributed by atoms with Gasteiger partial charge in [-0.1, -0.05) is 0 Å². The summed E-state index contributed by atoms with van der Waals surface area (Å²) >= 11 is 0. The van der Waals surface area contributed by atoms with Crippen LogP contribution in [0.5, 0.6) is 11.5 Å². The van der Waals surface area contributed by atoms with Crippen molar-refractivity contribution in [3.8, 4) is 11.5 Å². The molecule has 0 spiro atoms. The summed E-state index contributed by atoms with van der Waals surface area (Å²) in [5, 5.41) is 2.83. The molecule has 1 heterocycles. The molecule has 0 saturated carbocycles. The van der Waals surface area contributed by atoms with E-state index >= 15 is 0 Å². The van der Waals surface area contributed by atoms with Gasteiger partial charge < -0.3 is 30.3 Å². The number of hydrogen-bond donors (Lipinski definition) is 3. The van der Waals surface area contributed by atoms with Gasteiger partial charge in [-0.2, -0.15) is 0 Å². The van der Waals surface area contributed by atoms with Crippen LogP contribution in [0.4, 0.5) is 5.69 Å². The van der Waals surface area contributed by atoms with Crippen LogP contribution in [-0.2, 0) is 14.4 Å². The summed E-state index contributed by atoms with van der Waals surface area (Å²) in [7, 11) is 1.79. The van der Waals surface area contributed by atoms with Crippen LogP contribution in [0.2, 0.25) is 0 Å². The van der Waals surface area contributed by atoms with E-state index in [1.165, 1.54) is 0 Å². The fraction of sp³-hybridized carbons (Fsp3) is 0.571. The highest BCUT2D eigenvalue weighted by molar-refractivity contribution is 5.92. The normalized spacial score (nSPS) is 17.2. The number of likely N-dealkylation sites (N-methyl/N-ethyl adjacent to an activating group) is 1. The monoisotopic (exact) mass is 421 g/mol. The molecular formula is C21H33N4O5+. The van der Waals surface area contributed by atoms with Gasteiger partial charge in [0.05, 0.1) is 26.2 Å². The van der Waals surface area contributed by atoms with E-state index in [4.69, 9.17) is 15.2 Å². The Morgan fingerprint density at radius 1 is 1.17 bits per heavy atom. The standard InChI is InChI=1S/C21H32N4O5/c1-4-29-17-9-8-16(11-18(17)30-5-2)23-19(26)13-24(3)14-20(27)25-10-6-7-15(12-25)21(22)28/h8-9,11,15H,4-7,10,12-14H2,1-3H3,(H2,22,28)(H,23,26)/p+1/t15-/m1/s1. The largest absolute Gasteiger partial charge is 0.490 e. The molecule has 1 aromatic carbocycles. The number of anilines is 1. The second-order valence-corrected chi connectivity index (χ2v) is 7.47. The van der Waals surface area contributed by atoms with Crippen LogP contribution in [-0.4, -0.2) is 69.1 Å². The van der Waals surface area contributed by atoms with Crippen molar-refractivity contribution in [2.45, 2.75) is 26.7 Å². The molecular weight excluding hydrogens is 388 g/mol. The summed E-state index contributed by atoms with van der Waals surface area (Å²) in [4.78, 5) is 38.8. The van der Waals surface area contributed by atoms with Crippen molar-refractivity contribution in [3.05, 3.63) is 18.2 Å². The van der Waals surface area contributed by atoms with Gasteiger partial charge in [0.25, 0.3) is 11.8 Å². The number of ether oxygens (including phenoxy) is 2. The van der Waals surface area contributed by atoms with Crippen LogP contribution in [0.25, 0.3) is 0 Å². The van der Waals surface area contributed by atoms with E-state index in [0.29, 0.717) is 43.5 Å². The Labute approximate surface area is 177 Å². The number of hydrogen-bond acceptors (Lipinski definition) is 5. The van der Waals surface area contributed by atoms with Gasteiger partial charge in [-0.3, -0.25) is 14.4 Å². The predicted molar refractivity (Wildman–Crippen MR) is 113 cm³/mol. The topological polar surface area (TPSA) is 115 Å². The van der Waals surface area contributed by atoms with Gasteiger partial charge in [-0.15, -0.1) is 0 Å². The molecule has 1 aliphatic rings. The minimum atomic E-state index is -0.366. The molecule has 9 nitrogen and oxygen atoms in total. The van der Waals surface area contributed by atoms with Crippen LogP contribution in [0.1, 0.15) is 26.7 Å². The van der Waals surface area contributed by atoms with Crippen molar-refractivity contribution in [2.75, 3.05) is 51.8 Å². The molecule has 0 aliphatic carbocycles. The molecule has 9 heteroatoms. The molecule has 1 fully saturated rings. The molecule has 2 atom stereocenters. The van der Waals surface area contributed by atoms with Gasteiger partial charge in [0, 0.05) is 24.8 Å². The number of primary amides is 1. The first-order valence-corrected chi connectivity index (χ1v) is 10.4. The SMILES string of the molecule is CCOc1ccc(NC(=O)C[NH+](C)CC(=O)N2CCC[C@@H](C(N)=O)C2)cc1OCC. The Morgan fingerprint density at radius 3 is 2.53 bits per heavy atom. The summed E-state index contributed by atoms with van der Waals surface area (Å²) in [5.41, 5.74) is 5.98.